The Hall–Kier alpha value is -3.14. The van der Waals surface area contributed by atoms with E-state index in [1.807, 2.05) is 24.3 Å². The van der Waals surface area contributed by atoms with Gasteiger partial charge in [0, 0.05) is 38.1 Å². The van der Waals surface area contributed by atoms with E-state index in [1.54, 1.807) is 32.2 Å². The highest BCUT2D eigenvalue weighted by Crippen LogP contribution is 2.27. The number of halogens is 1. The number of nitrogens with zero attached hydrogens (tertiary/aromatic N) is 4. The van der Waals surface area contributed by atoms with Gasteiger partial charge in [-0.15, -0.1) is 0 Å². The highest BCUT2D eigenvalue weighted by molar-refractivity contribution is 7.92. The van der Waals surface area contributed by atoms with E-state index in [4.69, 9.17) is 16.6 Å². The van der Waals surface area contributed by atoms with Crippen LogP contribution in [0.1, 0.15) is 19.7 Å². The average molecular weight is 525 g/mol. The molecule has 188 valence electrons. The second-order valence-corrected chi connectivity index (χ2v) is 12.2. The van der Waals surface area contributed by atoms with Crippen LogP contribution in [-0.2, 0) is 9.84 Å². The first-order chi connectivity index (χ1) is 17.2. The molecule has 8 nitrogen and oxygen atoms in total. The van der Waals surface area contributed by atoms with E-state index in [-0.39, 0.29) is 4.90 Å². The predicted octanol–water partition coefficient (Wildman–Crippen LogP) is 4.69. The quantitative estimate of drug-likeness (QED) is 0.513. The summed E-state index contributed by atoms with van der Waals surface area (Å²) in [6.07, 6.45) is 1.59. The number of H-pyrrole nitrogens is 1. The minimum atomic E-state index is -3.57. The lowest BCUT2D eigenvalue weighted by Crippen LogP contribution is -2.44. The summed E-state index contributed by atoms with van der Waals surface area (Å²) in [5.41, 5.74) is 2.23. The second-order valence-electron chi connectivity index (χ2n) is 9.37. The van der Waals surface area contributed by atoms with Crippen LogP contribution in [0.15, 0.2) is 59.6 Å². The number of sulfone groups is 1. The van der Waals surface area contributed by atoms with Crippen molar-refractivity contribution in [2.75, 3.05) is 43.4 Å². The number of likely N-dealkylation sites (N-methyl/N-ethyl adjacent to an activating group) is 1. The summed E-state index contributed by atoms with van der Waals surface area (Å²) < 4.78 is 26.2. The summed E-state index contributed by atoms with van der Waals surface area (Å²) in [6, 6.07) is 15.4. The van der Waals surface area contributed by atoms with Crippen molar-refractivity contribution in [1.29, 1.82) is 0 Å². The third-order valence-electron chi connectivity index (χ3n) is 6.49. The molecule has 0 radical (unpaired) electrons. The molecular weight excluding hydrogens is 496 g/mol. The SMILES string of the molecule is CC(C)S(=O)(=O)c1ccc2ccc3cc(ccc3N3CCN(C)CC3)nc3[nH]c(nc1c2)C(Cl)=CN3. The van der Waals surface area contributed by atoms with E-state index in [9.17, 15) is 8.42 Å². The van der Waals surface area contributed by atoms with Gasteiger partial charge in [0.05, 0.1) is 26.2 Å². The fraction of sp³-hybridized carbons (Fsp3) is 0.308. The molecule has 2 N–H and O–H groups in total. The first kappa shape index (κ1) is 24.5. The van der Waals surface area contributed by atoms with E-state index in [0.29, 0.717) is 22.3 Å². The number of rotatable bonds is 3. The van der Waals surface area contributed by atoms with E-state index in [0.717, 1.165) is 48.2 Å². The minimum absolute atomic E-state index is 0.166. The lowest BCUT2D eigenvalue weighted by atomic mass is 10.1. The topological polar surface area (TPSA) is 94.2 Å². The van der Waals surface area contributed by atoms with Crippen molar-refractivity contribution >= 4 is 59.9 Å². The van der Waals surface area contributed by atoms with Gasteiger partial charge in [0.1, 0.15) is 0 Å². The van der Waals surface area contributed by atoms with Gasteiger partial charge in [0.25, 0.3) is 0 Å². The molecule has 0 spiro atoms. The number of aromatic nitrogens is 3. The third kappa shape index (κ3) is 4.91. The van der Waals surface area contributed by atoms with Crippen LogP contribution in [0.2, 0.25) is 0 Å². The normalized spacial score (nSPS) is 16.0. The monoisotopic (exact) mass is 524 g/mol. The summed E-state index contributed by atoms with van der Waals surface area (Å²) in [5, 5.41) is 4.65. The molecule has 2 aliphatic rings. The number of aromatic amines is 1. The summed E-state index contributed by atoms with van der Waals surface area (Å²) in [5.74, 6) is 0.771. The first-order valence-corrected chi connectivity index (χ1v) is 13.8. The maximum atomic E-state index is 13.1. The van der Waals surface area contributed by atoms with Gasteiger partial charge in [-0.25, -0.2) is 18.4 Å². The van der Waals surface area contributed by atoms with Gasteiger partial charge >= 0.3 is 0 Å². The van der Waals surface area contributed by atoms with Gasteiger partial charge in [-0.2, -0.15) is 0 Å². The zero-order valence-electron chi connectivity index (χ0n) is 20.5. The van der Waals surface area contributed by atoms with Gasteiger partial charge in [0.15, 0.2) is 15.7 Å². The molecule has 3 aromatic rings. The zero-order chi connectivity index (χ0) is 25.4. The maximum absolute atomic E-state index is 13.1. The Morgan fingerprint density at radius 1 is 0.972 bits per heavy atom. The molecule has 0 unspecified atom stereocenters. The van der Waals surface area contributed by atoms with Crippen molar-refractivity contribution in [3.63, 3.8) is 0 Å². The lowest BCUT2D eigenvalue weighted by molar-refractivity contribution is 0.313. The number of piperazine rings is 1. The maximum Gasteiger partial charge on any atom is 0.206 e. The van der Waals surface area contributed by atoms with Gasteiger partial charge < -0.3 is 20.1 Å². The van der Waals surface area contributed by atoms with Crippen LogP contribution in [0.4, 0.5) is 11.6 Å². The number of hydrogen-bond acceptors (Lipinski definition) is 7. The van der Waals surface area contributed by atoms with Crippen molar-refractivity contribution in [3.05, 3.63) is 60.6 Å². The molecule has 5 rings (SSSR count). The first-order valence-electron chi connectivity index (χ1n) is 11.9. The Bertz CT molecular complexity index is 1560. The van der Waals surface area contributed by atoms with Crippen molar-refractivity contribution in [2.45, 2.75) is 24.0 Å². The van der Waals surface area contributed by atoms with Crippen LogP contribution < -0.4 is 10.2 Å². The zero-order valence-corrected chi connectivity index (χ0v) is 22.1. The largest absolute Gasteiger partial charge is 0.368 e. The minimum Gasteiger partial charge on any atom is -0.368 e. The molecule has 36 heavy (non-hydrogen) atoms. The van der Waals surface area contributed by atoms with Gasteiger partial charge in [0.2, 0.25) is 5.95 Å². The standard InChI is InChI=1S/C26H29ClN6O2S/c1-17(2)36(34,35)24-9-5-18-4-6-19-15-20(7-8-23(19)33-12-10-32(3)11-13-33)29-26-28-16-21(27)25(31-26)30-22(24)14-18/h4-9,14-17H,10-13H2,1-3H3,(H2,28,29,30,31). The van der Waals surface area contributed by atoms with Crippen LogP contribution in [0.5, 0.6) is 0 Å². The summed E-state index contributed by atoms with van der Waals surface area (Å²) in [4.78, 5) is 17.3. The Morgan fingerprint density at radius 2 is 1.72 bits per heavy atom. The molecule has 0 saturated carbocycles. The van der Waals surface area contributed by atoms with Crippen LogP contribution in [-0.4, -0.2) is 66.7 Å². The molecule has 0 atom stereocenters. The molecule has 6 bridgehead atoms. The van der Waals surface area contributed by atoms with Crippen molar-refractivity contribution < 1.29 is 8.42 Å². The van der Waals surface area contributed by atoms with Crippen molar-refractivity contribution in [1.82, 2.24) is 19.9 Å². The van der Waals surface area contributed by atoms with Crippen LogP contribution in [0, 0.1) is 0 Å². The van der Waals surface area contributed by atoms with E-state index in [2.05, 4.69) is 44.3 Å². The number of fused-ring (bicyclic) bond motifs is 6. The van der Waals surface area contributed by atoms with Crippen LogP contribution in [0.25, 0.3) is 26.8 Å². The van der Waals surface area contributed by atoms with Crippen LogP contribution >= 0.6 is 11.6 Å². The Labute approximate surface area is 215 Å². The number of benzene rings is 2. The molecule has 0 aliphatic carbocycles. The number of anilines is 2. The molecular formula is C26H29ClN6O2S. The average Bonchev–Trinajstić information content (AvgIpc) is 2.85. The smallest absolute Gasteiger partial charge is 0.206 e. The second kappa shape index (κ2) is 9.72. The Balaban J connectivity index is 1.80. The molecule has 2 aromatic carbocycles. The molecule has 2 aliphatic heterocycles. The highest BCUT2D eigenvalue weighted by atomic mass is 35.5. The molecule has 10 heteroatoms. The number of hydrogen-bond donors (Lipinski definition) is 2. The van der Waals surface area contributed by atoms with E-state index < -0.39 is 15.1 Å². The van der Waals surface area contributed by atoms with Gasteiger partial charge in [-0.05, 0) is 62.0 Å². The van der Waals surface area contributed by atoms with Crippen molar-refractivity contribution in [3.8, 4) is 0 Å². The molecule has 0 amide bonds. The lowest BCUT2D eigenvalue weighted by Gasteiger charge is -2.34. The highest BCUT2D eigenvalue weighted by Gasteiger charge is 2.22. The van der Waals surface area contributed by atoms with E-state index in [1.165, 1.54) is 0 Å². The number of nitrogens with one attached hydrogen (secondary N) is 2. The predicted molar refractivity (Wildman–Crippen MR) is 147 cm³/mol. The van der Waals surface area contributed by atoms with Gasteiger partial charge in [-0.3, -0.25) is 0 Å². The fourth-order valence-electron chi connectivity index (χ4n) is 4.29. The molecule has 1 fully saturated rings. The molecule has 3 heterocycles. The van der Waals surface area contributed by atoms with E-state index >= 15 is 0 Å². The Kier molecular flexibility index (Phi) is 6.63. The Morgan fingerprint density at radius 3 is 2.47 bits per heavy atom. The summed E-state index contributed by atoms with van der Waals surface area (Å²) >= 11 is 6.41. The van der Waals surface area contributed by atoms with Crippen LogP contribution in [0.3, 0.4) is 0 Å². The molecule has 1 aromatic heterocycles. The van der Waals surface area contributed by atoms with Crippen molar-refractivity contribution in [2.24, 2.45) is 0 Å². The fourth-order valence-corrected chi connectivity index (χ4v) is 5.59. The van der Waals surface area contributed by atoms with Gasteiger partial charge in [-0.1, -0.05) is 29.8 Å². The summed E-state index contributed by atoms with van der Waals surface area (Å²) in [7, 11) is -1.43. The third-order valence-corrected chi connectivity index (χ3v) is 8.98. The summed E-state index contributed by atoms with van der Waals surface area (Å²) in [6.45, 7) is 7.22. The molecule has 1 saturated heterocycles.